The van der Waals surface area contributed by atoms with Crippen molar-refractivity contribution in [2.75, 3.05) is 13.7 Å². The highest BCUT2D eigenvalue weighted by atomic mass is 16.6. The number of esters is 2. The highest BCUT2D eigenvalue weighted by Gasteiger charge is 2.54. The molecule has 0 aromatic carbocycles. The zero-order chi connectivity index (χ0) is 20.0. The SMILES string of the molecule is CC[C@H](C)CC(=O)O[C@H]1C(=O)[C@H](CO)[C@H](OC)[C@H](OC(C)=O)[C@@H]1C(C)C. The molecule has 0 aromatic heterocycles. The van der Waals surface area contributed by atoms with E-state index >= 15 is 0 Å². The molecule has 6 atom stereocenters. The molecule has 1 fully saturated rings. The summed E-state index contributed by atoms with van der Waals surface area (Å²) >= 11 is 0. The molecule has 7 nitrogen and oxygen atoms in total. The fourth-order valence-corrected chi connectivity index (χ4v) is 3.50. The molecule has 1 N–H and O–H groups in total. The lowest BCUT2D eigenvalue weighted by Gasteiger charge is -2.45. The van der Waals surface area contributed by atoms with Gasteiger partial charge >= 0.3 is 11.9 Å². The van der Waals surface area contributed by atoms with Crippen molar-refractivity contribution in [2.45, 2.75) is 65.8 Å². The first-order valence-electron chi connectivity index (χ1n) is 9.21. The number of carbonyl (C=O) groups excluding carboxylic acids is 3. The number of methoxy groups -OCH3 is 1. The van der Waals surface area contributed by atoms with Gasteiger partial charge in [0.1, 0.15) is 12.2 Å². The van der Waals surface area contributed by atoms with Crippen LogP contribution in [0.5, 0.6) is 0 Å². The van der Waals surface area contributed by atoms with Crippen molar-refractivity contribution in [3.63, 3.8) is 0 Å². The molecule has 1 rings (SSSR count). The molecule has 0 heterocycles. The second kappa shape index (κ2) is 10.0. The second-order valence-electron chi connectivity index (χ2n) is 7.42. The Morgan fingerprint density at radius 3 is 2.19 bits per heavy atom. The van der Waals surface area contributed by atoms with E-state index in [0.29, 0.717) is 0 Å². The summed E-state index contributed by atoms with van der Waals surface area (Å²) in [6.45, 7) is 8.45. The topological polar surface area (TPSA) is 99.1 Å². The van der Waals surface area contributed by atoms with Crippen molar-refractivity contribution in [3.05, 3.63) is 0 Å². The molecule has 0 saturated heterocycles. The Kier molecular flexibility index (Phi) is 8.70. The van der Waals surface area contributed by atoms with Crippen LogP contribution in [0.2, 0.25) is 0 Å². The van der Waals surface area contributed by atoms with E-state index < -0.39 is 48.7 Å². The van der Waals surface area contributed by atoms with Crippen LogP contribution in [-0.4, -0.2) is 54.9 Å². The van der Waals surface area contributed by atoms with E-state index in [-0.39, 0.29) is 24.0 Å². The summed E-state index contributed by atoms with van der Waals surface area (Å²) in [5.41, 5.74) is 0. The zero-order valence-electron chi connectivity index (χ0n) is 16.6. The minimum Gasteiger partial charge on any atom is -0.459 e. The molecule has 0 radical (unpaired) electrons. The number of aliphatic hydroxyl groups excluding tert-OH is 1. The molecule has 0 bridgehead atoms. The third-order valence-electron chi connectivity index (χ3n) is 5.11. The number of carbonyl (C=O) groups is 3. The van der Waals surface area contributed by atoms with Crippen molar-refractivity contribution in [2.24, 2.45) is 23.7 Å². The minimum absolute atomic E-state index is 0.109. The molecule has 1 saturated carbocycles. The van der Waals surface area contributed by atoms with Gasteiger partial charge in [-0.1, -0.05) is 34.1 Å². The normalized spacial score (nSPS) is 30.2. The van der Waals surface area contributed by atoms with E-state index in [4.69, 9.17) is 14.2 Å². The predicted octanol–water partition coefficient (Wildman–Crippen LogP) is 1.74. The van der Waals surface area contributed by atoms with Crippen LogP contribution < -0.4 is 0 Å². The Morgan fingerprint density at radius 2 is 1.77 bits per heavy atom. The van der Waals surface area contributed by atoms with E-state index in [9.17, 15) is 19.5 Å². The van der Waals surface area contributed by atoms with Gasteiger partial charge in [-0.15, -0.1) is 0 Å². The first-order valence-corrected chi connectivity index (χ1v) is 9.21. The van der Waals surface area contributed by atoms with Crippen LogP contribution in [0.15, 0.2) is 0 Å². The van der Waals surface area contributed by atoms with Crippen molar-refractivity contribution in [3.8, 4) is 0 Å². The Bertz CT molecular complexity index is 502. The van der Waals surface area contributed by atoms with E-state index in [1.165, 1.54) is 14.0 Å². The summed E-state index contributed by atoms with van der Waals surface area (Å²) in [5.74, 6) is -2.79. The minimum atomic E-state index is -1.07. The number of rotatable bonds is 8. The summed E-state index contributed by atoms with van der Waals surface area (Å²) in [4.78, 5) is 36.8. The third kappa shape index (κ3) is 5.27. The summed E-state index contributed by atoms with van der Waals surface area (Å²) in [6.07, 6.45) is -1.61. The van der Waals surface area contributed by atoms with Crippen LogP contribution in [-0.2, 0) is 28.6 Å². The molecule has 1 aliphatic rings. The van der Waals surface area contributed by atoms with Gasteiger partial charge in [0, 0.05) is 26.4 Å². The van der Waals surface area contributed by atoms with Crippen molar-refractivity contribution >= 4 is 17.7 Å². The summed E-state index contributed by atoms with van der Waals surface area (Å²) < 4.78 is 16.4. The number of hydrogen-bond acceptors (Lipinski definition) is 7. The average molecular weight is 372 g/mol. The standard InChI is InChI=1S/C19H32O7/c1-7-11(4)8-14(22)26-18-15(10(2)3)19(25-12(5)21)17(24-6)13(9-20)16(18)23/h10-11,13,15,17-20H,7-9H2,1-6H3/t11-,13-,15+,17-,18+,19+/m0/s1. The maximum absolute atomic E-state index is 12.9. The van der Waals surface area contributed by atoms with Gasteiger partial charge in [0.05, 0.1) is 12.5 Å². The molecular weight excluding hydrogens is 340 g/mol. The molecule has 0 unspecified atom stereocenters. The summed E-state index contributed by atoms with van der Waals surface area (Å²) in [7, 11) is 1.41. The van der Waals surface area contributed by atoms with Gasteiger partial charge < -0.3 is 19.3 Å². The molecule has 26 heavy (non-hydrogen) atoms. The number of aliphatic hydroxyl groups is 1. The van der Waals surface area contributed by atoms with Crippen LogP contribution >= 0.6 is 0 Å². The van der Waals surface area contributed by atoms with Gasteiger partial charge in [0.15, 0.2) is 11.9 Å². The van der Waals surface area contributed by atoms with Crippen LogP contribution in [0.4, 0.5) is 0 Å². The van der Waals surface area contributed by atoms with E-state index in [0.717, 1.165) is 6.42 Å². The van der Waals surface area contributed by atoms with Gasteiger partial charge in [0.25, 0.3) is 0 Å². The van der Waals surface area contributed by atoms with Crippen LogP contribution in [0, 0.1) is 23.7 Å². The molecule has 1 aliphatic carbocycles. The van der Waals surface area contributed by atoms with E-state index in [1.54, 1.807) is 0 Å². The largest absolute Gasteiger partial charge is 0.459 e. The second-order valence-corrected chi connectivity index (χ2v) is 7.42. The average Bonchev–Trinajstić information content (AvgIpc) is 2.56. The number of hydrogen-bond donors (Lipinski definition) is 1. The van der Waals surface area contributed by atoms with E-state index in [1.807, 2.05) is 27.7 Å². The Hall–Kier alpha value is -1.47. The van der Waals surface area contributed by atoms with Gasteiger partial charge in [-0.25, -0.2) is 0 Å². The molecule has 0 spiro atoms. The maximum Gasteiger partial charge on any atom is 0.306 e. The maximum atomic E-state index is 12.9. The van der Waals surface area contributed by atoms with Crippen molar-refractivity contribution in [1.82, 2.24) is 0 Å². The third-order valence-corrected chi connectivity index (χ3v) is 5.11. The Morgan fingerprint density at radius 1 is 1.15 bits per heavy atom. The summed E-state index contributed by atoms with van der Waals surface area (Å²) in [6, 6.07) is 0. The lowest BCUT2D eigenvalue weighted by atomic mass is 9.70. The highest BCUT2D eigenvalue weighted by molar-refractivity contribution is 5.90. The first kappa shape index (κ1) is 22.6. The van der Waals surface area contributed by atoms with Crippen LogP contribution in [0.3, 0.4) is 0 Å². The summed E-state index contributed by atoms with van der Waals surface area (Å²) in [5, 5.41) is 9.69. The van der Waals surface area contributed by atoms with Crippen LogP contribution in [0.1, 0.15) is 47.5 Å². The molecule has 7 heteroatoms. The van der Waals surface area contributed by atoms with Crippen molar-refractivity contribution in [1.29, 1.82) is 0 Å². The van der Waals surface area contributed by atoms with Gasteiger partial charge in [0.2, 0.25) is 0 Å². The lowest BCUT2D eigenvalue weighted by Crippen LogP contribution is -2.61. The highest BCUT2D eigenvalue weighted by Crippen LogP contribution is 2.37. The number of ether oxygens (including phenoxy) is 3. The monoisotopic (exact) mass is 372 g/mol. The van der Waals surface area contributed by atoms with Crippen LogP contribution in [0.25, 0.3) is 0 Å². The molecule has 0 aliphatic heterocycles. The number of ketones is 1. The van der Waals surface area contributed by atoms with Gasteiger partial charge in [-0.2, -0.15) is 0 Å². The first-order chi connectivity index (χ1) is 12.2. The smallest absolute Gasteiger partial charge is 0.306 e. The molecule has 0 amide bonds. The fourth-order valence-electron chi connectivity index (χ4n) is 3.50. The van der Waals surface area contributed by atoms with E-state index in [2.05, 4.69) is 0 Å². The van der Waals surface area contributed by atoms with Gasteiger partial charge in [-0.3, -0.25) is 14.4 Å². The number of Topliss-reactive ketones (excluding diaryl/α,β-unsaturated/α-hetero) is 1. The van der Waals surface area contributed by atoms with Gasteiger partial charge in [-0.05, 0) is 11.8 Å². The molecule has 0 aromatic rings. The fraction of sp³-hybridized carbons (Fsp3) is 0.842. The lowest BCUT2D eigenvalue weighted by molar-refractivity contribution is -0.199. The Labute approximate surface area is 155 Å². The van der Waals surface area contributed by atoms with Crippen molar-refractivity contribution < 1.29 is 33.7 Å². The predicted molar refractivity (Wildman–Crippen MR) is 94.2 cm³/mol. The zero-order valence-corrected chi connectivity index (χ0v) is 16.6. The Balaban J connectivity index is 3.19. The quantitative estimate of drug-likeness (QED) is 0.648. The molecule has 150 valence electrons. The molecular formula is C19H32O7.